The number of pyridine rings is 1. The van der Waals surface area contributed by atoms with Crippen molar-refractivity contribution in [1.82, 2.24) is 10.3 Å². The molecule has 1 amide bonds. The van der Waals surface area contributed by atoms with Crippen molar-refractivity contribution < 1.29 is 4.79 Å². The van der Waals surface area contributed by atoms with Crippen LogP contribution < -0.4 is 5.32 Å². The summed E-state index contributed by atoms with van der Waals surface area (Å²) < 4.78 is 0. The molecule has 0 unspecified atom stereocenters. The number of benzene rings is 2. The number of nitrogens with zero attached hydrogens (tertiary/aromatic N) is 1. The largest absolute Gasteiger partial charge is 0.347 e. The van der Waals surface area contributed by atoms with Crippen LogP contribution in [0.4, 0.5) is 0 Å². The van der Waals surface area contributed by atoms with Gasteiger partial charge in [0.25, 0.3) is 5.91 Å². The molecule has 0 aliphatic heterocycles. The third kappa shape index (κ3) is 3.12. The number of amides is 1. The van der Waals surface area contributed by atoms with Gasteiger partial charge in [-0.2, -0.15) is 0 Å². The maximum atomic E-state index is 12.4. The molecular formula is C18H16N2OS. The molecule has 0 bridgehead atoms. The molecule has 1 N–H and O–H groups in total. The molecule has 22 heavy (non-hydrogen) atoms. The van der Waals surface area contributed by atoms with Gasteiger partial charge in [-0.15, -0.1) is 11.8 Å². The lowest BCUT2D eigenvalue weighted by atomic mass is 10.1. The van der Waals surface area contributed by atoms with E-state index < -0.39 is 0 Å². The van der Waals surface area contributed by atoms with Gasteiger partial charge in [-0.1, -0.05) is 36.4 Å². The summed E-state index contributed by atoms with van der Waals surface area (Å²) in [6, 6.07) is 17.9. The number of nitrogens with one attached hydrogen (secondary N) is 1. The summed E-state index contributed by atoms with van der Waals surface area (Å²) in [6.07, 6.45) is 3.72. The second-order valence-corrected chi connectivity index (χ2v) is 5.79. The molecule has 2 aromatic carbocycles. The summed E-state index contributed by atoms with van der Waals surface area (Å²) in [7, 11) is 0. The zero-order chi connectivity index (χ0) is 15.4. The fraction of sp³-hybridized carbons (Fsp3) is 0.111. The molecule has 3 aromatic rings. The Kier molecular flexibility index (Phi) is 4.39. The van der Waals surface area contributed by atoms with E-state index in [2.05, 4.69) is 22.4 Å². The zero-order valence-electron chi connectivity index (χ0n) is 12.2. The molecule has 0 atom stereocenters. The Morgan fingerprint density at radius 2 is 1.86 bits per heavy atom. The van der Waals surface area contributed by atoms with Crippen molar-refractivity contribution in [3.8, 4) is 0 Å². The molecule has 0 radical (unpaired) electrons. The first-order valence-electron chi connectivity index (χ1n) is 7.03. The second-order valence-electron chi connectivity index (χ2n) is 4.91. The van der Waals surface area contributed by atoms with Gasteiger partial charge < -0.3 is 5.32 Å². The lowest BCUT2D eigenvalue weighted by Crippen LogP contribution is -2.24. The van der Waals surface area contributed by atoms with Crippen molar-refractivity contribution in [3.63, 3.8) is 0 Å². The Bertz CT molecular complexity index is 794. The Morgan fingerprint density at radius 1 is 1.09 bits per heavy atom. The maximum absolute atomic E-state index is 12.4. The highest BCUT2D eigenvalue weighted by Gasteiger charge is 2.10. The molecular weight excluding hydrogens is 292 g/mol. The van der Waals surface area contributed by atoms with E-state index in [1.165, 1.54) is 4.90 Å². The van der Waals surface area contributed by atoms with Crippen LogP contribution in [0.25, 0.3) is 10.8 Å². The van der Waals surface area contributed by atoms with E-state index in [1.54, 1.807) is 18.0 Å². The highest BCUT2D eigenvalue weighted by atomic mass is 32.2. The Balaban J connectivity index is 1.75. The summed E-state index contributed by atoms with van der Waals surface area (Å²) in [4.78, 5) is 17.8. The van der Waals surface area contributed by atoms with E-state index in [4.69, 9.17) is 0 Å². The molecule has 0 saturated heterocycles. The van der Waals surface area contributed by atoms with E-state index in [0.717, 1.165) is 16.3 Å². The average molecular weight is 308 g/mol. The van der Waals surface area contributed by atoms with E-state index >= 15 is 0 Å². The topological polar surface area (TPSA) is 42.0 Å². The van der Waals surface area contributed by atoms with Crippen molar-refractivity contribution in [2.45, 2.75) is 11.4 Å². The molecule has 4 heteroatoms. The Hall–Kier alpha value is -2.33. The van der Waals surface area contributed by atoms with Gasteiger partial charge in [0.05, 0.1) is 0 Å². The summed E-state index contributed by atoms with van der Waals surface area (Å²) in [5, 5.41) is 4.83. The minimum absolute atomic E-state index is 0.147. The standard InChI is InChI=1S/C18H16N2OS/c1-22-15-8-6-13(7-9-15)12-20-18(21)17-16-5-3-2-4-14(16)10-11-19-17/h2-11H,12H2,1H3,(H,20,21). The van der Waals surface area contributed by atoms with Gasteiger partial charge in [-0.3, -0.25) is 9.78 Å². The lowest BCUT2D eigenvalue weighted by Gasteiger charge is -2.07. The number of hydrogen-bond donors (Lipinski definition) is 1. The third-order valence-corrected chi connectivity index (χ3v) is 4.24. The van der Waals surface area contributed by atoms with Crippen molar-refractivity contribution in [2.24, 2.45) is 0 Å². The van der Waals surface area contributed by atoms with Crippen molar-refractivity contribution in [1.29, 1.82) is 0 Å². The number of rotatable bonds is 4. The summed E-state index contributed by atoms with van der Waals surface area (Å²) in [5.41, 5.74) is 1.55. The van der Waals surface area contributed by atoms with Gasteiger partial charge in [0, 0.05) is 23.0 Å². The minimum Gasteiger partial charge on any atom is -0.347 e. The number of fused-ring (bicyclic) bond motifs is 1. The average Bonchev–Trinajstić information content (AvgIpc) is 2.59. The van der Waals surface area contributed by atoms with E-state index in [9.17, 15) is 4.79 Å². The number of carbonyl (C=O) groups excluding carboxylic acids is 1. The number of hydrogen-bond acceptors (Lipinski definition) is 3. The van der Waals surface area contributed by atoms with Gasteiger partial charge in [0.15, 0.2) is 0 Å². The number of carbonyl (C=O) groups is 1. The fourth-order valence-corrected chi connectivity index (χ4v) is 2.72. The van der Waals surface area contributed by atoms with Crippen LogP contribution in [0.3, 0.4) is 0 Å². The van der Waals surface area contributed by atoms with Crippen LogP contribution in [0.15, 0.2) is 65.7 Å². The first-order chi connectivity index (χ1) is 10.8. The van der Waals surface area contributed by atoms with Crippen LogP contribution in [0.1, 0.15) is 16.1 Å². The van der Waals surface area contributed by atoms with Crippen LogP contribution in [0, 0.1) is 0 Å². The predicted octanol–water partition coefficient (Wildman–Crippen LogP) is 3.89. The van der Waals surface area contributed by atoms with Gasteiger partial charge >= 0.3 is 0 Å². The lowest BCUT2D eigenvalue weighted by molar-refractivity contribution is 0.0948. The SMILES string of the molecule is CSc1ccc(CNC(=O)c2nccc3ccccc23)cc1. The molecule has 0 aliphatic rings. The smallest absolute Gasteiger partial charge is 0.270 e. The summed E-state index contributed by atoms with van der Waals surface area (Å²) in [6.45, 7) is 0.498. The second kappa shape index (κ2) is 6.62. The van der Waals surface area contributed by atoms with Crippen LogP contribution >= 0.6 is 11.8 Å². The fourth-order valence-electron chi connectivity index (χ4n) is 2.31. The quantitative estimate of drug-likeness (QED) is 0.744. The molecule has 0 aliphatic carbocycles. The highest BCUT2D eigenvalue weighted by molar-refractivity contribution is 7.98. The third-order valence-electron chi connectivity index (χ3n) is 3.50. The molecule has 0 spiro atoms. The first kappa shape index (κ1) is 14.6. The van der Waals surface area contributed by atoms with Gasteiger partial charge in [-0.05, 0) is 35.4 Å². The first-order valence-corrected chi connectivity index (χ1v) is 8.25. The van der Waals surface area contributed by atoms with E-state index in [0.29, 0.717) is 12.2 Å². The molecule has 3 rings (SSSR count). The van der Waals surface area contributed by atoms with Crippen LogP contribution in [0.2, 0.25) is 0 Å². The Labute approximate surface area is 133 Å². The monoisotopic (exact) mass is 308 g/mol. The summed E-state index contributed by atoms with van der Waals surface area (Å²) in [5.74, 6) is -0.147. The molecule has 110 valence electrons. The summed E-state index contributed by atoms with van der Waals surface area (Å²) >= 11 is 1.70. The predicted molar refractivity (Wildman–Crippen MR) is 91.1 cm³/mol. The molecule has 3 nitrogen and oxygen atoms in total. The Morgan fingerprint density at radius 3 is 2.64 bits per heavy atom. The molecule has 1 aromatic heterocycles. The van der Waals surface area contributed by atoms with Crippen LogP contribution in [-0.2, 0) is 6.54 Å². The molecule has 0 fully saturated rings. The van der Waals surface area contributed by atoms with Gasteiger partial charge in [0.1, 0.15) is 5.69 Å². The van der Waals surface area contributed by atoms with Crippen molar-refractivity contribution >= 4 is 28.4 Å². The van der Waals surface area contributed by atoms with E-state index in [-0.39, 0.29) is 5.91 Å². The van der Waals surface area contributed by atoms with Crippen molar-refractivity contribution in [2.75, 3.05) is 6.26 Å². The normalized spacial score (nSPS) is 10.6. The molecule has 1 heterocycles. The van der Waals surface area contributed by atoms with E-state index in [1.807, 2.05) is 48.7 Å². The van der Waals surface area contributed by atoms with Gasteiger partial charge in [-0.25, -0.2) is 0 Å². The van der Waals surface area contributed by atoms with Crippen LogP contribution in [-0.4, -0.2) is 17.1 Å². The maximum Gasteiger partial charge on any atom is 0.270 e. The minimum atomic E-state index is -0.147. The van der Waals surface area contributed by atoms with Gasteiger partial charge in [0.2, 0.25) is 0 Å². The molecule has 0 saturated carbocycles. The number of thioether (sulfide) groups is 1. The van der Waals surface area contributed by atoms with Crippen molar-refractivity contribution in [3.05, 3.63) is 72.1 Å². The zero-order valence-corrected chi connectivity index (χ0v) is 13.1. The van der Waals surface area contributed by atoms with Crippen LogP contribution in [0.5, 0.6) is 0 Å². The highest BCUT2D eigenvalue weighted by Crippen LogP contribution is 2.17. The number of aromatic nitrogens is 1.